The normalized spacial score (nSPS) is 13.5. The average Bonchev–Trinajstić information content (AvgIpc) is 3.13. The molecule has 0 aromatic heterocycles. The minimum Gasteiger partial charge on any atom is -0.458 e. The standard InChI is InChI=1S/C29H30FNO4/c1-29(2,3)35-27(32)26(16-15-19-9-8-10-20(30)17-19)31-28(33)34-18-25-23-13-6-4-11-21(23)22-12-5-7-14-24(22)25/h4-14,17,25-26H,15-16,18H2,1-3H3,(H,31,33). The van der Waals surface area contributed by atoms with Crippen LogP contribution < -0.4 is 5.32 Å². The van der Waals surface area contributed by atoms with Crippen LogP contribution in [0.2, 0.25) is 0 Å². The second kappa shape index (κ2) is 10.3. The number of alkyl carbamates (subject to hydrolysis) is 1. The molecule has 3 aromatic rings. The Hall–Kier alpha value is -3.67. The molecule has 0 saturated carbocycles. The smallest absolute Gasteiger partial charge is 0.407 e. The molecule has 0 fully saturated rings. The molecular weight excluding hydrogens is 445 g/mol. The van der Waals surface area contributed by atoms with Gasteiger partial charge in [-0.15, -0.1) is 0 Å². The van der Waals surface area contributed by atoms with Crippen LogP contribution in [0.5, 0.6) is 0 Å². The number of nitrogens with one attached hydrogen (secondary N) is 1. The molecule has 0 aliphatic heterocycles. The van der Waals surface area contributed by atoms with Gasteiger partial charge in [-0.3, -0.25) is 0 Å². The number of amides is 1. The van der Waals surface area contributed by atoms with E-state index in [1.54, 1.807) is 32.9 Å². The van der Waals surface area contributed by atoms with Crippen molar-refractivity contribution in [2.75, 3.05) is 6.61 Å². The maximum Gasteiger partial charge on any atom is 0.407 e. The van der Waals surface area contributed by atoms with Gasteiger partial charge in [-0.05, 0) is 73.6 Å². The maximum absolute atomic E-state index is 13.6. The lowest BCUT2D eigenvalue weighted by Crippen LogP contribution is -2.45. The Morgan fingerprint density at radius 3 is 2.17 bits per heavy atom. The van der Waals surface area contributed by atoms with Gasteiger partial charge in [-0.1, -0.05) is 60.7 Å². The number of ether oxygens (including phenoxy) is 2. The van der Waals surface area contributed by atoms with E-state index in [4.69, 9.17) is 9.47 Å². The Bertz CT molecular complexity index is 1170. The summed E-state index contributed by atoms with van der Waals surface area (Å²) in [7, 11) is 0. The Labute approximate surface area is 205 Å². The Kier molecular flexibility index (Phi) is 7.20. The fourth-order valence-corrected chi connectivity index (χ4v) is 4.41. The highest BCUT2D eigenvalue weighted by molar-refractivity contribution is 5.82. The highest BCUT2D eigenvalue weighted by atomic mass is 19.1. The summed E-state index contributed by atoms with van der Waals surface area (Å²) in [6, 6.07) is 21.4. The van der Waals surface area contributed by atoms with E-state index >= 15 is 0 Å². The Morgan fingerprint density at radius 1 is 0.943 bits per heavy atom. The van der Waals surface area contributed by atoms with Gasteiger partial charge in [0, 0.05) is 5.92 Å². The molecule has 1 aliphatic carbocycles. The van der Waals surface area contributed by atoms with E-state index < -0.39 is 23.7 Å². The average molecular weight is 476 g/mol. The zero-order valence-electron chi connectivity index (χ0n) is 20.2. The molecule has 1 amide bonds. The van der Waals surface area contributed by atoms with Crippen molar-refractivity contribution in [2.24, 2.45) is 0 Å². The van der Waals surface area contributed by atoms with Gasteiger partial charge in [-0.25, -0.2) is 14.0 Å². The van der Waals surface area contributed by atoms with Crippen molar-refractivity contribution in [1.82, 2.24) is 5.32 Å². The Balaban J connectivity index is 1.43. The van der Waals surface area contributed by atoms with Crippen LogP contribution in [-0.4, -0.2) is 30.3 Å². The number of fused-ring (bicyclic) bond motifs is 3. The highest BCUT2D eigenvalue weighted by Crippen LogP contribution is 2.44. The molecular formula is C29H30FNO4. The molecule has 0 spiro atoms. The summed E-state index contributed by atoms with van der Waals surface area (Å²) in [5, 5.41) is 2.67. The first-order valence-corrected chi connectivity index (χ1v) is 11.8. The summed E-state index contributed by atoms with van der Waals surface area (Å²) in [6.45, 7) is 5.44. The second-order valence-electron chi connectivity index (χ2n) is 9.72. The topological polar surface area (TPSA) is 64.6 Å². The zero-order chi connectivity index (χ0) is 25.0. The minimum atomic E-state index is -0.923. The predicted molar refractivity (Wildman–Crippen MR) is 133 cm³/mol. The van der Waals surface area contributed by atoms with Crippen LogP contribution in [0.3, 0.4) is 0 Å². The number of carbonyl (C=O) groups excluding carboxylic acids is 2. The van der Waals surface area contributed by atoms with E-state index in [-0.39, 0.29) is 24.8 Å². The van der Waals surface area contributed by atoms with Crippen LogP contribution in [-0.2, 0) is 20.7 Å². The summed E-state index contributed by atoms with van der Waals surface area (Å²) in [6.07, 6.45) is -0.0459. The van der Waals surface area contributed by atoms with Gasteiger partial charge >= 0.3 is 12.1 Å². The third-order valence-electron chi connectivity index (χ3n) is 5.94. The van der Waals surface area contributed by atoms with Gasteiger partial charge in [0.15, 0.2) is 0 Å². The number of hydrogen-bond acceptors (Lipinski definition) is 4. The van der Waals surface area contributed by atoms with Crippen molar-refractivity contribution in [3.63, 3.8) is 0 Å². The summed E-state index contributed by atoms with van der Waals surface area (Å²) in [4.78, 5) is 25.6. The van der Waals surface area contributed by atoms with E-state index in [0.29, 0.717) is 6.42 Å². The van der Waals surface area contributed by atoms with Gasteiger partial charge in [0.1, 0.15) is 24.1 Å². The zero-order valence-corrected chi connectivity index (χ0v) is 20.2. The first-order valence-electron chi connectivity index (χ1n) is 11.8. The van der Waals surface area contributed by atoms with E-state index in [1.165, 1.54) is 12.1 Å². The fourth-order valence-electron chi connectivity index (χ4n) is 4.41. The number of hydrogen-bond donors (Lipinski definition) is 1. The molecule has 0 heterocycles. The fraction of sp³-hybridized carbons (Fsp3) is 0.310. The van der Waals surface area contributed by atoms with Gasteiger partial charge in [0.05, 0.1) is 0 Å². The molecule has 1 N–H and O–H groups in total. The number of rotatable bonds is 7. The minimum absolute atomic E-state index is 0.0829. The van der Waals surface area contributed by atoms with Crippen LogP contribution in [0.15, 0.2) is 72.8 Å². The molecule has 182 valence electrons. The lowest BCUT2D eigenvalue weighted by Gasteiger charge is -2.24. The quantitative estimate of drug-likeness (QED) is 0.425. The summed E-state index contributed by atoms with van der Waals surface area (Å²) < 4.78 is 24.7. The van der Waals surface area contributed by atoms with Gasteiger partial charge in [-0.2, -0.15) is 0 Å². The van der Waals surface area contributed by atoms with Crippen LogP contribution in [0.4, 0.5) is 9.18 Å². The van der Waals surface area contributed by atoms with Gasteiger partial charge in [0.2, 0.25) is 0 Å². The predicted octanol–water partition coefficient (Wildman–Crippen LogP) is 6.01. The lowest BCUT2D eigenvalue weighted by molar-refractivity contribution is -0.157. The highest BCUT2D eigenvalue weighted by Gasteiger charge is 2.31. The number of carbonyl (C=O) groups is 2. The largest absolute Gasteiger partial charge is 0.458 e. The van der Waals surface area contributed by atoms with Crippen molar-refractivity contribution in [2.45, 2.75) is 51.2 Å². The van der Waals surface area contributed by atoms with E-state index in [1.807, 2.05) is 36.4 Å². The van der Waals surface area contributed by atoms with Crippen LogP contribution >= 0.6 is 0 Å². The maximum atomic E-state index is 13.6. The number of esters is 1. The third-order valence-corrected chi connectivity index (χ3v) is 5.94. The molecule has 0 bridgehead atoms. The summed E-state index contributed by atoms with van der Waals surface area (Å²) in [5.41, 5.74) is 4.51. The van der Waals surface area contributed by atoms with Crippen molar-refractivity contribution in [3.05, 3.63) is 95.3 Å². The SMILES string of the molecule is CC(C)(C)OC(=O)C(CCc1cccc(F)c1)NC(=O)OCC1c2ccccc2-c2ccccc21. The first-order chi connectivity index (χ1) is 16.7. The van der Waals surface area contributed by atoms with Crippen LogP contribution in [0.25, 0.3) is 11.1 Å². The molecule has 1 unspecified atom stereocenters. The molecule has 1 atom stereocenters. The monoisotopic (exact) mass is 475 g/mol. The third kappa shape index (κ3) is 6.07. The van der Waals surface area contributed by atoms with Gasteiger partial charge < -0.3 is 14.8 Å². The van der Waals surface area contributed by atoms with Crippen molar-refractivity contribution in [3.8, 4) is 11.1 Å². The first kappa shape index (κ1) is 24.5. The molecule has 5 nitrogen and oxygen atoms in total. The molecule has 1 aliphatic rings. The van der Waals surface area contributed by atoms with Crippen molar-refractivity contribution >= 4 is 12.1 Å². The van der Waals surface area contributed by atoms with Gasteiger partial charge in [0.25, 0.3) is 0 Å². The van der Waals surface area contributed by atoms with Crippen LogP contribution in [0, 0.1) is 5.82 Å². The van der Waals surface area contributed by atoms with Crippen LogP contribution in [0.1, 0.15) is 49.8 Å². The van der Waals surface area contributed by atoms with Crippen molar-refractivity contribution < 1.29 is 23.5 Å². The summed E-state index contributed by atoms with van der Waals surface area (Å²) in [5.74, 6) is -0.983. The van der Waals surface area contributed by atoms with Crippen molar-refractivity contribution in [1.29, 1.82) is 0 Å². The number of aryl methyl sites for hydroxylation is 1. The molecule has 4 rings (SSSR count). The molecule has 3 aromatic carbocycles. The molecule has 35 heavy (non-hydrogen) atoms. The molecule has 0 radical (unpaired) electrons. The number of halogens is 1. The Morgan fingerprint density at radius 2 is 1.57 bits per heavy atom. The second-order valence-corrected chi connectivity index (χ2v) is 9.72. The number of benzene rings is 3. The lowest BCUT2D eigenvalue weighted by atomic mass is 9.98. The summed E-state index contributed by atoms with van der Waals surface area (Å²) >= 11 is 0. The molecule has 0 saturated heterocycles. The van der Waals surface area contributed by atoms with E-state index in [0.717, 1.165) is 27.8 Å². The molecule has 6 heteroatoms. The van der Waals surface area contributed by atoms with E-state index in [9.17, 15) is 14.0 Å². The van der Waals surface area contributed by atoms with E-state index in [2.05, 4.69) is 17.4 Å².